The minimum Gasteiger partial charge on any atom is -0.394 e. The van der Waals surface area contributed by atoms with Gasteiger partial charge in [0.2, 0.25) is 5.91 Å². The van der Waals surface area contributed by atoms with E-state index in [2.05, 4.69) is 67.8 Å². The Morgan fingerprint density at radius 3 is 1.26 bits per heavy atom. The van der Waals surface area contributed by atoms with E-state index < -0.39 is 24.2 Å². The highest BCUT2D eigenvalue weighted by atomic mass is 16.3. The lowest BCUT2D eigenvalue weighted by Gasteiger charge is -2.21. The van der Waals surface area contributed by atoms with Gasteiger partial charge < -0.3 is 20.6 Å². The van der Waals surface area contributed by atoms with Crippen molar-refractivity contribution in [2.45, 2.75) is 231 Å². The van der Waals surface area contributed by atoms with E-state index in [1.165, 1.54) is 135 Å². The smallest absolute Gasteiger partial charge is 0.249 e. The third-order valence-electron chi connectivity index (χ3n) is 10.1. The number of unbranched alkanes of at least 4 members (excludes halogenated alkanes) is 24. The van der Waals surface area contributed by atoms with Gasteiger partial charge in [0, 0.05) is 0 Å². The maximum absolute atomic E-state index is 12.5. The first-order chi connectivity index (χ1) is 26.1. The van der Waals surface area contributed by atoms with Crippen LogP contribution in [0.4, 0.5) is 0 Å². The SMILES string of the molecule is CCCCCCCCC/C=C/CC/C=C/CC/C=C/C(O)C(CO)NC(=O)C(O)CCCCCCCC/C=C\C/C=C\CCCCCCCCCCC. The molecule has 0 spiro atoms. The molecule has 0 heterocycles. The third-order valence-corrected chi connectivity index (χ3v) is 10.1. The Labute approximate surface area is 329 Å². The van der Waals surface area contributed by atoms with Gasteiger partial charge in [0.15, 0.2) is 0 Å². The van der Waals surface area contributed by atoms with Crippen molar-refractivity contribution in [1.82, 2.24) is 5.32 Å². The topological polar surface area (TPSA) is 89.8 Å². The van der Waals surface area contributed by atoms with E-state index in [-0.39, 0.29) is 6.61 Å². The van der Waals surface area contributed by atoms with Gasteiger partial charge in [-0.15, -0.1) is 0 Å². The molecule has 0 aromatic heterocycles. The summed E-state index contributed by atoms with van der Waals surface area (Å²) in [4.78, 5) is 12.5. The van der Waals surface area contributed by atoms with E-state index in [4.69, 9.17) is 0 Å². The monoisotopic (exact) mass is 742 g/mol. The Hall–Kier alpha value is -1.95. The second-order valence-corrected chi connectivity index (χ2v) is 15.2. The van der Waals surface area contributed by atoms with Crippen LogP contribution in [-0.4, -0.2) is 46.1 Å². The molecule has 5 heteroatoms. The van der Waals surface area contributed by atoms with E-state index in [0.717, 1.165) is 57.8 Å². The average molecular weight is 742 g/mol. The molecular formula is C48H87NO4. The van der Waals surface area contributed by atoms with Crippen LogP contribution in [0.5, 0.6) is 0 Å². The lowest BCUT2D eigenvalue weighted by Crippen LogP contribution is -2.48. The minimum atomic E-state index is -1.12. The maximum Gasteiger partial charge on any atom is 0.249 e. The quantitative estimate of drug-likeness (QED) is 0.0372. The molecule has 0 aliphatic heterocycles. The zero-order valence-electron chi connectivity index (χ0n) is 34.9. The largest absolute Gasteiger partial charge is 0.394 e. The zero-order chi connectivity index (χ0) is 38.7. The van der Waals surface area contributed by atoms with Crippen molar-refractivity contribution in [2.75, 3.05) is 6.61 Å². The van der Waals surface area contributed by atoms with Gasteiger partial charge in [-0.3, -0.25) is 4.79 Å². The van der Waals surface area contributed by atoms with Crippen LogP contribution in [0.2, 0.25) is 0 Å². The Balaban J connectivity index is 3.77. The van der Waals surface area contributed by atoms with E-state index in [9.17, 15) is 20.1 Å². The van der Waals surface area contributed by atoms with Crippen molar-refractivity contribution in [2.24, 2.45) is 0 Å². The molecule has 1 amide bonds. The number of aliphatic hydroxyl groups is 3. The number of carbonyl (C=O) groups excluding carboxylic acids is 1. The summed E-state index contributed by atoms with van der Waals surface area (Å²) in [6, 6.07) is -0.827. The van der Waals surface area contributed by atoms with E-state index in [1.807, 2.05) is 6.08 Å². The standard InChI is InChI=1S/C48H87NO4/c1-3-5-7-9-11-13-15-17-19-21-22-23-24-25-27-29-31-33-35-37-39-41-43-47(52)48(53)49-45(44-50)46(51)42-40-38-36-34-32-30-28-26-20-18-16-14-12-10-8-6-4-2/h20,22-23,25-27,32,34,40,42,45-47,50-52H,3-19,21,24,28-31,33,35-39,41,43-44H2,1-2H3,(H,49,53)/b23-22-,26-20+,27-25-,34-32+,42-40+. The summed E-state index contributed by atoms with van der Waals surface area (Å²) in [7, 11) is 0. The molecule has 0 fully saturated rings. The molecule has 3 unspecified atom stereocenters. The molecule has 0 saturated carbocycles. The Bertz CT molecular complexity index is 907. The first-order valence-electron chi connectivity index (χ1n) is 22.6. The van der Waals surface area contributed by atoms with Gasteiger partial charge in [-0.2, -0.15) is 0 Å². The van der Waals surface area contributed by atoms with Gasteiger partial charge >= 0.3 is 0 Å². The number of amides is 1. The van der Waals surface area contributed by atoms with Crippen LogP contribution in [0.3, 0.4) is 0 Å². The number of carbonyl (C=O) groups is 1. The number of hydrogen-bond acceptors (Lipinski definition) is 4. The predicted octanol–water partition coefficient (Wildman–Crippen LogP) is 13.1. The highest BCUT2D eigenvalue weighted by molar-refractivity contribution is 5.80. The number of hydrogen-bond donors (Lipinski definition) is 4. The molecule has 3 atom stereocenters. The van der Waals surface area contributed by atoms with Crippen LogP contribution in [0.1, 0.15) is 213 Å². The number of aliphatic hydroxyl groups excluding tert-OH is 3. The van der Waals surface area contributed by atoms with E-state index >= 15 is 0 Å². The third kappa shape index (κ3) is 38.1. The summed E-state index contributed by atoms with van der Waals surface area (Å²) >= 11 is 0. The van der Waals surface area contributed by atoms with Crippen LogP contribution < -0.4 is 5.32 Å². The lowest BCUT2D eigenvalue weighted by atomic mass is 10.0. The molecule has 0 radical (unpaired) electrons. The molecule has 0 bridgehead atoms. The second kappa shape index (κ2) is 42.8. The van der Waals surface area contributed by atoms with Crippen LogP contribution in [0.15, 0.2) is 60.8 Å². The average Bonchev–Trinajstić information content (AvgIpc) is 3.16. The van der Waals surface area contributed by atoms with Gasteiger partial charge in [0.25, 0.3) is 0 Å². The Morgan fingerprint density at radius 2 is 0.830 bits per heavy atom. The van der Waals surface area contributed by atoms with Crippen molar-refractivity contribution in [1.29, 1.82) is 0 Å². The molecule has 308 valence electrons. The van der Waals surface area contributed by atoms with Gasteiger partial charge in [-0.25, -0.2) is 0 Å². The van der Waals surface area contributed by atoms with Gasteiger partial charge in [-0.05, 0) is 77.0 Å². The van der Waals surface area contributed by atoms with Crippen LogP contribution in [0.25, 0.3) is 0 Å². The molecule has 5 nitrogen and oxygen atoms in total. The normalized spacial score (nSPS) is 14.1. The highest BCUT2D eigenvalue weighted by Crippen LogP contribution is 2.13. The molecule has 0 aromatic carbocycles. The fourth-order valence-corrected chi connectivity index (χ4v) is 6.48. The molecule has 0 aliphatic rings. The Morgan fingerprint density at radius 1 is 0.472 bits per heavy atom. The van der Waals surface area contributed by atoms with Crippen molar-refractivity contribution < 1.29 is 20.1 Å². The molecule has 53 heavy (non-hydrogen) atoms. The predicted molar refractivity (Wildman–Crippen MR) is 231 cm³/mol. The Kier molecular flexibility index (Phi) is 41.2. The van der Waals surface area contributed by atoms with Crippen molar-refractivity contribution in [3.63, 3.8) is 0 Å². The molecule has 4 N–H and O–H groups in total. The van der Waals surface area contributed by atoms with E-state index in [0.29, 0.717) is 6.42 Å². The summed E-state index contributed by atoms with van der Waals surface area (Å²) in [5.74, 6) is -0.527. The highest BCUT2D eigenvalue weighted by Gasteiger charge is 2.22. The number of allylic oxidation sites excluding steroid dienone is 9. The molecule has 0 rings (SSSR count). The van der Waals surface area contributed by atoms with Gasteiger partial charge in [0.05, 0.1) is 18.8 Å². The fraction of sp³-hybridized carbons (Fsp3) is 0.771. The first kappa shape index (κ1) is 51.0. The maximum atomic E-state index is 12.5. The van der Waals surface area contributed by atoms with Crippen LogP contribution >= 0.6 is 0 Å². The molecule has 0 aliphatic carbocycles. The van der Waals surface area contributed by atoms with Crippen molar-refractivity contribution >= 4 is 5.91 Å². The number of rotatable bonds is 40. The summed E-state index contributed by atoms with van der Waals surface area (Å²) in [6.45, 7) is 4.15. The molecule has 0 aromatic rings. The van der Waals surface area contributed by atoms with Crippen LogP contribution in [0, 0.1) is 0 Å². The van der Waals surface area contributed by atoms with Crippen molar-refractivity contribution in [3.8, 4) is 0 Å². The lowest BCUT2D eigenvalue weighted by molar-refractivity contribution is -0.131. The summed E-state index contributed by atoms with van der Waals surface area (Å²) in [6.07, 6.45) is 56.8. The van der Waals surface area contributed by atoms with Crippen molar-refractivity contribution in [3.05, 3.63) is 60.8 Å². The summed E-state index contributed by atoms with van der Waals surface area (Å²) in [5.41, 5.74) is 0. The van der Waals surface area contributed by atoms with Crippen LogP contribution in [-0.2, 0) is 4.79 Å². The van der Waals surface area contributed by atoms with E-state index in [1.54, 1.807) is 6.08 Å². The minimum absolute atomic E-state index is 0.387. The first-order valence-corrected chi connectivity index (χ1v) is 22.6. The summed E-state index contributed by atoms with van der Waals surface area (Å²) in [5, 5.41) is 33.1. The molecular weight excluding hydrogens is 655 g/mol. The second-order valence-electron chi connectivity index (χ2n) is 15.2. The van der Waals surface area contributed by atoms with Gasteiger partial charge in [-0.1, -0.05) is 197 Å². The summed E-state index contributed by atoms with van der Waals surface area (Å²) < 4.78 is 0. The molecule has 0 saturated heterocycles. The zero-order valence-corrected chi connectivity index (χ0v) is 34.9. The van der Waals surface area contributed by atoms with Gasteiger partial charge in [0.1, 0.15) is 6.10 Å². The fourth-order valence-electron chi connectivity index (χ4n) is 6.48. The number of nitrogens with one attached hydrogen (secondary N) is 1.